The Morgan fingerprint density at radius 3 is 2.71 bits per heavy atom. The number of halogens is 1. The van der Waals surface area contributed by atoms with Crippen molar-refractivity contribution >= 4 is 28.9 Å². The number of nitrogens with zero attached hydrogens (tertiary/aromatic N) is 2. The maximum Gasteiger partial charge on any atom is 0.300 e. The van der Waals surface area contributed by atoms with Crippen molar-refractivity contribution in [2.75, 3.05) is 5.32 Å². The quantitative estimate of drug-likeness (QED) is 0.534. The Morgan fingerprint density at radius 2 is 2.05 bits per heavy atom. The van der Waals surface area contributed by atoms with E-state index in [9.17, 15) is 14.9 Å². The molecule has 0 spiro atoms. The third-order valence-electron chi connectivity index (χ3n) is 2.93. The van der Waals surface area contributed by atoms with Gasteiger partial charge in [0.05, 0.1) is 4.92 Å². The first-order chi connectivity index (χ1) is 9.88. The van der Waals surface area contributed by atoms with Crippen LogP contribution in [0.25, 0.3) is 0 Å². The maximum absolute atomic E-state index is 12.3. The summed E-state index contributed by atoms with van der Waals surface area (Å²) >= 11 is 5.71. The van der Waals surface area contributed by atoms with Crippen LogP contribution in [0, 0.1) is 24.0 Å². The number of aromatic nitrogens is 1. The highest BCUT2D eigenvalue weighted by molar-refractivity contribution is 6.30. The molecule has 1 N–H and O–H groups in total. The summed E-state index contributed by atoms with van der Waals surface area (Å²) in [5.74, 6) is -0.597. The number of carbonyl (C=O) groups excluding carboxylic acids is 1. The van der Waals surface area contributed by atoms with Gasteiger partial charge in [-0.2, -0.15) is 0 Å². The van der Waals surface area contributed by atoms with Crippen LogP contribution in [0.4, 0.5) is 11.4 Å². The lowest BCUT2D eigenvalue weighted by atomic mass is 10.1. The summed E-state index contributed by atoms with van der Waals surface area (Å²) in [6, 6.07) is 6.75. The van der Waals surface area contributed by atoms with Gasteiger partial charge in [-0.15, -0.1) is 0 Å². The van der Waals surface area contributed by atoms with Gasteiger partial charge in [0.25, 0.3) is 11.6 Å². The largest absolute Gasteiger partial charge is 0.322 e. The Morgan fingerprint density at radius 1 is 1.33 bits per heavy atom. The number of amides is 1. The highest BCUT2D eigenvalue weighted by atomic mass is 35.5. The van der Waals surface area contributed by atoms with Crippen LogP contribution in [-0.2, 0) is 0 Å². The van der Waals surface area contributed by atoms with E-state index in [1.54, 1.807) is 6.07 Å². The first-order valence-corrected chi connectivity index (χ1v) is 6.45. The van der Waals surface area contributed by atoms with E-state index in [0.717, 1.165) is 17.3 Å². The van der Waals surface area contributed by atoms with Crippen molar-refractivity contribution in [1.82, 2.24) is 4.98 Å². The Bertz CT molecular complexity index is 731. The lowest BCUT2D eigenvalue weighted by Gasteiger charge is -2.09. The fourth-order valence-corrected chi connectivity index (χ4v) is 1.97. The Kier molecular flexibility index (Phi) is 4.18. The summed E-state index contributed by atoms with van der Waals surface area (Å²) in [6.07, 6.45) is 0.973. The fraction of sp³-hybridized carbons (Fsp3) is 0.143. The van der Waals surface area contributed by atoms with Crippen LogP contribution >= 0.6 is 11.6 Å². The first kappa shape index (κ1) is 14.9. The van der Waals surface area contributed by atoms with Crippen LogP contribution in [-0.4, -0.2) is 15.8 Å². The summed E-state index contributed by atoms with van der Waals surface area (Å²) in [5.41, 5.74) is 1.92. The van der Waals surface area contributed by atoms with Crippen molar-refractivity contribution in [2.45, 2.75) is 13.8 Å². The zero-order chi connectivity index (χ0) is 15.6. The molecule has 0 saturated carbocycles. The summed E-state index contributed by atoms with van der Waals surface area (Å²) in [4.78, 5) is 26.2. The number of rotatable bonds is 3. The molecule has 108 valence electrons. The fourth-order valence-electron chi connectivity index (χ4n) is 1.81. The molecule has 2 aromatic rings. The minimum Gasteiger partial charge on any atom is -0.322 e. The molecule has 0 aliphatic carbocycles. The van der Waals surface area contributed by atoms with Gasteiger partial charge in [0, 0.05) is 5.69 Å². The average Bonchev–Trinajstić information content (AvgIpc) is 2.42. The van der Waals surface area contributed by atoms with Gasteiger partial charge in [0.15, 0.2) is 0 Å². The summed E-state index contributed by atoms with van der Waals surface area (Å²) in [5, 5.41) is 13.6. The van der Waals surface area contributed by atoms with Crippen LogP contribution in [0.15, 0.2) is 30.5 Å². The molecule has 1 amide bonds. The molecule has 0 aliphatic heterocycles. The van der Waals surface area contributed by atoms with Crippen molar-refractivity contribution in [3.05, 3.63) is 62.4 Å². The molecule has 1 aromatic carbocycles. The second kappa shape index (κ2) is 5.88. The third-order valence-corrected chi connectivity index (χ3v) is 3.14. The van der Waals surface area contributed by atoms with E-state index in [2.05, 4.69) is 10.3 Å². The Labute approximate surface area is 125 Å². The lowest BCUT2D eigenvalue weighted by Crippen LogP contribution is -2.15. The summed E-state index contributed by atoms with van der Waals surface area (Å²) < 4.78 is 0. The molecule has 0 unspecified atom stereocenters. The number of nitro groups is 1. The molecule has 0 radical (unpaired) electrons. The first-order valence-electron chi connectivity index (χ1n) is 6.07. The molecule has 0 bridgehead atoms. The van der Waals surface area contributed by atoms with Crippen molar-refractivity contribution in [3.8, 4) is 0 Å². The minimum atomic E-state index is -0.665. The van der Waals surface area contributed by atoms with Gasteiger partial charge >= 0.3 is 0 Å². The number of aryl methyl sites for hydroxylation is 2. The van der Waals surface area contributed by atoms with Crippen molar-refractivity contribution in [1.29, 1.82) is 0 Å². The number of hydrogen-bond donors (Lipinski definition) is 1. The molecule has 1 aromatic heterocycles. The van der Waals surface area contributed by atoms with Gasteiger partial charge in [-0.1, -0.05) is 23.7 Å². The third kappa shape index (κ3) is 3.35. The lowest BCUT2D eigenvalue weighted by molar-refractivity contribution is -0.385. The zero-order valence-electron chi connectivity index (χ0n) is 11.4. The average molecular weight is 306 g/mol. The minimum absolute atomic E-state index is 0.0201. The molecule has 0 saturated heterocycles. The van der Waals surface area contributed by atoms with Crippen LogP contribution in [0.2, 0.25) is 5.15 Å². The van der Waals surface area contributed by atoms with Gasteiger partial charge in [-0.25, -0.2) is 4.98 Å². The predicted molar refractivity (Wildman–Crippen MR) is 79.8 cm³/mol. The highest BCUT2D eigenvalue weighted by Gasteiger charge is 2.21. The number of hydrogen-bond acceptors (Lipinski definition) is 4. The van der Waals surface area contributed by atoms with Gasteiger partial charge in [0.1, 0.15) is 16.9 Å². The van der Waals surface area contributed by atoms with E-state index in [-0.39, 0.29) is 16.4 Å². The standard InChI is InChI=1S/C14H12ClN3O3/c1-8-3-4-9(2)11(5-8)17-14(19)10-6-13(15)16-7-12(10)18(20)21/h3-7H,1-2H3,(H,17,19). The SMILES string of the molecule is Cc1ccc(C)c(NC(=O)c2cc(Cl)ncc2[N+](=O)[O-])c1. The molecule has 0 atom stereocenters. The molecule has 21 heavy (non-hydrogen) atoms. The molecule has 6 nitrogen and oxygen atoms in total. The van der Waals surface area contributed by atoms with Crippen molar-refractivity contribution in [3.63, 3.8) is 0 Å². The van der Waals surface area contributed by atoms with Crippen molar-refractivity contribution < 1.29 is 9.72 Å². The smallest absolute Gasteiger partial charge is 0.300 e. The number of anilines is 1. The van der Waals surface area contributed by atoms with Gasteiger partial charge < -0.3 is 5.32 Å². The van der Waals surface area contributed by atoms with Crippen LogP contribution < -0.4 is 5.32 Å². The van der Waals surface area contributed by atoms with E-state index in [1.165, 1.54) is 6.07 Å². The molecule has 0 aliphatic rings. The van der Waals surface area contributed by atoms with Gasteiger partial charge in [-0.3, -0.25) is 14.9 Å². The summed E-state index contributed by atoms with van der Waals surface area (Å²) in [7, 11) is 0. The molecular formula is C14H12ClN3O3. The van der Waals surface area contributed by atoms with E-state index in [0.29, 0.717) is 5.69 Å². The Balaban J connectivity index is 2.39. The van der Waals surface area contributed by atoms with E-state index >= 15 is 0 Å². The number of benzene rings is 1. The monoisotopic (exact) mass is 305 g/mol. The van der Waals surface area contributed by atoms with Gasteiger partial charge in [-0.05, 0) is 37.1 Å². The topological polar surface area (TPSA) is 85.1 Å². The van der Waals surface area contributed by atoms with Crippen molar-refractivity contribution in [2.24, 2.45) is 0 Å². The van der Waals surface area contributed by atoms with E-state index in [1.807, 2.05) is 26.0 Å². The summed E-state index contributed by atoms with van der Waals surface area (Å²) in [6.45, 7) is 3.73. The molecule has 7 heteroatoms. The predicted octanol–water partition coefficient (Wildman–Crippen LogP) is 3.51. The number of pyridine rings is 1. The second-order valence-corrected chi connectivity index (χ2v) is 4.94. The molecule has 1 heterocycles. The molecular weight excluding hydrogens is 294 g/mol. The van der Waals surface area contributed by atoms with Crippen LogP contribution in [0.3, 0.4) is 0 Å². The maximum atomic E-state index is 12.3. The van der Waals surface area contributed by atoms with E-state index < -0.39 is 10.8 Å². The molecule has 0 fully saturated rings. The molecule has 2 rings (SSSR count). The Hall–Kier alpha value is -2.47. The number of nitrogens with one attached hydrogen (secondary N) is 1. The van der Waals surface area contributed by atoms with Crippen LogP contribution in [0.1, 0.15) is 21.5 Å². The highest BCUT2D eigenvalue weighted by Crippen LogP contribution is 2.23. The van der Waals surface area contributed by atoms with Gasteiger partial charge in [0.2, 0.25) is 0 Å². The second-order valence-electron chi connectivity index (χ2n) is 4.55. The van der Waals surface area contributed by atoms with Crippen LogP contribution in [0.5, 0.6) is 0 Å². The number of carbonyl (C=O) groups is 1. The van der Waals surface area contributed by atoms with E-state index in [4.69, 9.17) is 11.6 Å². The normalized spacial score (nSPS) is 10.2. The zero-order valence-corrected chi connectivity index (χ0v) is 12.1.